The molecule has 0 amide bonds. The second kappa shape index (κ2) is 8.12. The SMILES string of the molecule is CCOC(=O)C1=C(C)OC(N)=C(C#N)C12CCc1c3ccc(c12)CCc1ccc(cc1)CC3. The summed E-state index contributed by atoms with van der Waals surface area (Å²) in [6, 6.07) is 15.6. The van der Waals surface area contributed by atoms with E-state index in [2.05, 4.69) is 42.5 Å². The van der Waals surface area contributed by atoms with E-state index in [-0.39, 0.29) is 12.5 Å². The first-order valence-electron chi connectivity index (χ1n) is 11.7. The molecular formula is C28H28N2O3. The molecule has 168 valence electrons. The van der Waals surface area contributed by atoms with E-state index >= 15 is 0 Å². The Morgan fingerprint density at radius 1 is 1.06 bits per heavy atom. The third-order valence-electron chi connectivity index (χ3n) is 7.37. The Morgan fingerprint density at radius 2 is 1.70 bits per heavy atom. The maximum atomic E-state index is 13.3. The third-order valence-corrected chi connectivity index (χ3v) is 7.37. The zero-order valence-corrected chi connectivity index (χ0v) is 19.2. The number of hydrogen-bond donors (Lipinski definition) is 1. The Hall–Kier alpha value is -3.52. The van der Waals surface area contributed by atoms with Crippen LogP contribution in [-0.4, -0.2) is 12.6 Å². The van der Waals surface area contributed by atoms with Gasteiger partial charge in [0.2, 0.25) is 5.88 Å². The van der Waals surface area contributed by atoms with E-state index in [1.165, 1.54) is 22.3 Å². The number of esters is 1. The van der Waals surface area contributed by atoms with Crippen molar-refractivity contribution in [1.82, 2.24) is 0 Å². The molecule has 1 heterocycles. The lowest BCUT2D eigenvalue weighted by atomic mass is 9.66. The molecule has 5 heteroatoms. The van der Waals surface area contributed by atoms with Gasteiger partial charge in [-0.05, 0) is 85.8 Å². The number of benzene rings is 2. The van der Waals surface area contributed by atoms with Gasteiger partial charge in [-0.25, -0.2) is 4.79 Å². The van der Waals surface area contributed by atoms with Crippen LogP contribution in [0.5, 0.6) is 0 Å². The van der Waals surface area contributed by atoms with Gasteiger partial charge in [0, 0.05) is 0 Å². The molecule has 6 aliphatic rings. The average molecular weight is 441 g/mol. The smallest absolute Gasteiger partial charge is 0.338 e. The first-order chi connectivity index (χ1) is 16.0. The summed E-state index contributed by atoms with van der Waals surface area (Å²) in [6.45, 7) is 3.78. The summed E-state index contributed by atoms with van der Waals surface area (Å²) < 4.78 is 11.2. The number of nitriles is 1. The van der Waals surface area contributed by atoms with Crippen molar-refractivity contribution in [1.29, 1.82) is 5.26 Å². The van der Waals surface area contributed by atoms with Crippen LogP contribution in [-0.2, 0) is 51.8 Å². The van der Waals surface area contributed by atoms with Crippen molar-refractivity contribution in [3.8, 4) is 6.07 Å². The number of ether oxygens (including phenoxy) is 2. The summed E-state index contributed by atoms with van der Waals surface area (Å²) in [5.74, 6) is 0.0729. The number of nitrogens with zero attached hydrogens (tertiary/aromatic N) is 1. The molecule has 0 saturated heterocycles. The van der Waals surface area contributed by atoms with Crippen LogP contribution in [0.4, 0.5) is 0 Å². The monoisotopic (exact) mass is 440 g/mol. The normalized spacial score (nSPS) is 21.4. The molecule has 2 N–H and O–H groups in total. The fourth-order valence-corrected chi connectivity index (χ4v) is 5.94. The topological polar surface area (TPSA) is 85.3 Å². The molecular weight excluding hydrogens is 412 g/mol. The zero-order chi connectivity index (χ0) is 23.2. The van der Waals surface area contributed by atoms with Crippen molar-refractivity contribution in [2.75, 3.05) is 6.61 Å². The van der Waals surface area contributed by atoms with Gasteiger partial charge in [0.15, 0.2) is 0 Å². The molecule has 1 atom stereocenters. The highest BCUT2D eigenvalue weighted by atomic mass is 16.5. The summed E-state index contributed by atoms with van der Waals surface area (Å²) in [5.41, 5.74) is 13.4. The summed E-state index contributed by atoms with van der Waals surface area (Å²) in [6.07, 6.45) is 4.95. The molecule has 0 saturated carbocycles. The third kappa shape index (κ3) is 3.24. The highest BCUT2D eigenvalue weighted by Gasteiger charge is 2.54. The van der Waals surface area contributed by atoms with Crippen LogP contribution >= 0.6 is 0 Å². The number of allylic oxidation sites excluding steroid dienone is 2. The van der Waals surface area contributed by atoms with Gasteiger partial charge in [0.1, 0.15) is 17.4 Å². The summed E-state index contributed by atoms with van der Waals surface area (Å²) in [4.78, 5) is 13.3. The van der Waals surface area contributed by atoms with Gasteiger partial charge in [-0.2, -0.15) is 5.26 Å². The van der Waals surface area contributed by atoms with E-state index in [9.17, 15) is 10.1 Å². The molecule has 2 aromatic rings. The largest absolute Gasteiger partial charge is 0.463 e. The quantitative estimate of drug-likeness (QED) is 0.703. The van der Waals surface area contributed by atoms with E-state index < -0.39 is 11.4 Å². The van der Waals surface area contributed by atoms with Crippen LogP contribution in [0.15, 0.2) is 59.2 Å². The molecule has 4 bridgehead atoms. The molecule has 0 fully saturated rings. The Kier molecular flexibility index (Phi) is 5.25. The van der Waals surface area contributed by atoms with Crippen LogP contribution < -0.4 is 5.73 Å². The molecule has 1 aliphatic heterocycles. The number of carbonyl (C=O) groups is 1. The highest BCUT2D eigenvalue weighted by Crippen LogP contribution is 2.55. The van der Waals surface area contributed by atoms with Crippen LogP contribution in [0, 0.1) is 11.3 Å². The van der Waals surface area contributed by atoms with Crippen molar-refractivity contribution < 1.29 is 14.3 Å². The molecule has 8 rings (SSSR count). The van der Waals surface area contributed by atoms with Crippen LogP contribution in [0.1, 0.15) is 53.6 Å². The number of carbonyl (C=O) groups excluding carboxylic acids is 1. The molecule has 1 spiro atoms. The first kappa shape index (κ1) is 21.3. The zero-order valence-electron chi connectivity index (χ0n) is 19.2. The minimum atomic E-state index is -0.930. The standard InChI is InChI=1S/C28H28N2O3/c1-3-32-27(31)24-17(2)33-26(30)23(16-29)28(24)15-14-22-20-10-8-18-4-6-19(7-5-18)9-11-21(13-12-20)25(22)28/h4-7,12-13H,3,8-11,14-15,30H2,1-2H3. The molecule has 2 aromatic carbocycles. The van der Waals surface area contributed by atoms with Crippen molar-refractivity contribution >= 4 is 5.97 Å². The molecule has 0 aromatic heterocycles. The van der Waals surface area contributed by atoms with E-state index in [0.29, 0.717) is 23.3 Å². The molecule has 5 nitrogen and oxygen atoms in total. The lowest BCUT2D eigenvalue weighted by Crippen LogP contribution is -2.40. The molecule has 1 unspecified atom stereocenters. The van der Waals surface area contributed by atoms with E-state index in [1.54, 1.807) is 13.8 Å². The predicted octanol–water partition coefficient (Wildman–Crippen LogP) is 4.32. The Balaban J connectivity index is 1.77. The Labute approximate surface area is 194 Å². The van der Waals surface area contributed by atoms with Gasteiger partial charge < -0.3 is 15.2 Å². The molecule has 5 aliphatic carbocycles. The van der Waals surface area contributed by atoms with Crippen molar-refractivity contribution in [2.45, 2.75) is 57.8 Å². The maximum Gasteiger partial charge on any atom is 0.338 e. The average Bonchev–Trinajstić information content (AvgIpc) is 3.16. The Bertz CT molecular complexity index is 1250. The minimum absolute atomic E-state index is 0.0863. The fourth-order valence-electron chi connectivity index (χ4n) is 5.94. The van der Waals surface area contributed by atoms with Gasteiger partial charge >= 0.3 is 5.97 Å². The highest BCUT2D eigenvalue weighted by molar-refractivity contribution is 5.95. The number of aryl methyl sites for hydroxylation is 4. The van der Waals surface area contributed by atoms with Gasteiger partial charge in [0.05, 0.1) is 17.6 Å². The summed E-state index contributed by atoms with van der Waals surface area (Å²) >= 11 is 0. The van der Waals surface area contributed by atoms with Crippen LogP contribution in [0.25, 0.3) is 0 Å². The van der Waals surface area contributed by atoms with Crippen LogP contribution in [0.3, 0.4) is 0 Å². The predicted molar refractivity (Wildman–Crippen MR) is 125 cm³/mol. The Morgan fingerprint density at radius 3 is 2.33 bits per heavy atom. The first-order valence-corrected chi connectivity index (χ1v) is 11.7. The maximum absolute atomic E-state index is 13.3. The lowest BCUT2D eigenvalue weighted by molar-refractivity contribution is -0.139. The van der Waals surface area contributed by atoms with Crippen LogP contribution in [0.2, 0.25) is 0 Å². The van der Waals surface area contributed by atoms with Crippen molar-refractivity contribution in [2.24, 2.45) is 5.73 Å². The second-order valence-electron chi connectivity index (χ2n) is 9.06. The van der Waals surface area contributed by atoms with E-state index in [0.717, 1.165) is 43.2 Å². The van der Waals surface area contributed by atoms with Gasteiger partial charge in [-0.1, -0.05) is 36.4 Å². The lowest BCUT2D eigenvalue weighted by Gasteiger charge is -2.37. The van der Waals surface area contributed by atoms with Gasteiger partial charge in [-0.15, -0.1) is 0 Å². The van der Waals surface area contributed by atoms with Crippen molar-refractivity contribution in [3.05, 3.63) is 92.6 Å². The van der Waals surface area contributed by atoms with E-state index in [1.807, 2.05) is 0 Å². The number of nitrogens with two attached hydrogens (primary N) is 1. The summed E-state index contributed by atoms with van der Waals surface area (Å²) in [5, 5.41) is 10.2. The van der Waals surface area contributed by atoms with Crippen molar-refractivity contribution in [3.63, 3.8) is 0 Å². The van der Waals surface area contributed by atoms with Gasteiger partial charge in [0.25, 0.3) is 0 Å². The fraction of sp³-hybridized carbons (Fsp3) is 0.357. The minimum Gasteiger partial charge on any atom is -0.463 e. The number of rotatable bonds is 2. The van der Waals surface area contributed by atoms with Gasteiger partial charge in [-0.3, -0.25) is 0 Å². The summed E-state index contributed by atoms with van der Waals surface area (Å²) in [7, 11) is 0. The van der Waals surface area contributed by atoms with E-state index in [4.69, 9.17) is 15.2 Å². The second-order valence-corrected chi connectivity index (χ2v) is 9.06. The molecule has 0 radical (unpaired) electrons. The molecule has 33 heavy (non-hydrogen) atoms. The number of hydrogen-bond acceptors (Lipinski definition) is 5.